The standard InChI is InChI=1S/C16H19N3O2S/c1-17-15-6-2-5-13(18-15)14-11-19(7-8-21-14)16(20)10-12-4-3-9-22-12/h2-6,9,14H,7-8,10-11H2,1H3,(H,17,18). The fourth-order valence-corrected chi connectivity index (χ4v) is 3.19. The quantitative estimate of drug-likeness (QED) is 0.940. The molecule has 1 amide bonds. The van der Waals surface area contributed by atoms with Gasteiger partial charge in [0.2, 0.25) is 5.91 Å². The summed E-state index contributed by atoms with van der Waals surface area (Å²) in [6.45, 7) is 1.75. The maximum atomic E-state index is 12.4. The number of nitrogens with zero attached hydrogens (tertiary/aromatic N) is 2. The van der Waals surface area contributed by atoms with Gasteiger partial charge in [0, 0.05) is 18.5 Å². The lowest BCUT2D eigenvalue weighted by molar-refractivity contribution is -0.138. The summed E-state index contributed by atoms with van der Waals surface area (Å²) in [6.07, 6.45) is 0.309. The minimum absolute atomic E-state index is 0.153. The van der Waals surface area contributed by atoms with Gasteiger partial charge in [0.1, 0.15) is 11.9 Å². The van der Waals surface area contributed by atoms with Crippen LogP contribution in [0.2, 0.25) is 0 Å². The van der Waals surface area contributed by atoms with E-state index in [-0.39, 0.29) is 12.0 Å². The van der Waals surface area contributed by atoms with Crippen molar-refractivity contribution >= 4 is 23.1 Å². The summed E-state index contributed by atoms with van der Waals surface area (Å²) in [5.74, 6) is 0.962. The summed E-state index contributed by atoms with van der Waals surface area (Å²) < 4.78 is 5.80. The number of hydrogen-bond donors (Lipinski definition) is 1. The van der Waals surface area contributed by atoms with Gasteiger partial charge in [-0.05, 0) is 23.6 Å². The topological polar surface area (TPSA) is 54.5 Å². The average molecular weight is 317 g/mol. The van der Waals surface area contributed by atoms with Crippen LogP contribution in [-0.4, -0.2) is 42.5 Å². The van der Waals surface area contributed by atoms with E-state index in [1.54, 1.807) is 11.3 Å². The van der Waals surface area contributed by atoms with Gasteiger partial charge in [-0.3, -0.25) is 4.79 Å². The number of carbonyl (C=O) groups is 1. The molecule has 1 atom stereocenters. The van der Waals surface area contributed by atoms with Crippen LogP contribution in [0.15, 0.2) is 35.7 Å². The first kappa shape index (κ1) is 15.0. The van der Waals surface area contributed by atoms with E-state index in [1.807, 2.05) is 47.7 Å². The molecular weight excluding hydrogens is 298 g/mol. The molecule has 0 aliphatic carbocycles. The van der Waals surface area contributed by atoms with Crippen molar-refractivity contribution in [3.8, 4) is 0 Å². The van der Waals surface area contributed by atoms with Gasteiger partial charge in [-0.1, -0.05) is 12.1 Å². The van der Waals surface area contributed by atoms with Gasteiger partial charge in [0.15, 0.2) is 0 Å². The van der Waals surface area contributed by atoms with Crippen molar-refractivity contribution in [1.82, 2.24) is 9.88 Å². The molecule has 22 heavy (non-hydrogen) atoms. The maximum Gasteiger partial charge on any atom is 0.228 e. The Bertz CT molecular complexity index is 630. The van der Waals surface area contributed by atoms with Crippen LogP contribution in [-0.2, 0) is 16.0 Å². The summed E-state index contributed by atoms with van der Waals surface area (Å²) in [6, 6.07) is 9.77. The van der Waals surface area contributed by atoms with Gasteiger partial charge < -0.3 is 15.0 Å². The lowest BCUT2D eigenvalue weighted by Crippen LogP contribution is -2.43. The smallest absolute Gasteiger partial charge is 0.228 e. The third-order valence-electron chi connectivity index (χ3n) is 3.68. The van der Waals surface area contributed by atoms with Gasteiger partial charge in [-0.2, -0.15) is 0 Å². The maximum absolute atomic E-state index is 12.4. The Morgan fingerprint density at radius 3 is 3.14 bits per heavy atom. The second-order valence-electron chi connectivity index (χ2n) is 5.15. The lowest BCUT2D eigenvalue weighted by atomic mass is 10.1. The first-order valence-electron chi connectivity index (χ1n) is 7.32. The molecule has 1 saturated heterocycles. The number of carbonyl (C=O) groups excluding carboxylic acids is 1. The second-order valence-corrected chi connectivity index (χ2v) is 6.19. The van der Waals surface area contributed by atoms with Crippen LogP contribution in [0.5, 0.6) is 0 Å². The molecule has 0 spiro atoms. The number of hydrogen-bond acceptors (Lipinski definition) is 5. The number of aromatic nitrogens is 1. The Morgan fingerprint density at radius 1 is 1.45 bits per heavy atom. The number of anilines is 1. The van der Waals surface area contributed by atoms with Crippen LogP contribution in [0.3, 0.4) is 0 Å². The molecule has 0 saturated carbocycles. The van der Waals surface area contributed by atoms with Gasteiger partial charge in [-0.15, -0.1) is 11.3 Å². The fourth-order valence-electron chi connectivity index (χ4n) is 2.50. The van der Waals surface area contributed by atoms with Crippen LogP contribution in [0.1, 0.15) is 16.7 Å². The van der Waals surface area contributed by atoms with E-state index in [0.717, 1.165) is 16.4 Å². The molecule has 116 valence electrons. The summed E-state index contributed by atoms with van der Waals surface area (Å²) in [5.41, 5.74) is 0.862. The molecule has 2 aromatic heterocycles. The minimum Gasteiger partial charge on any atom is -0.373 e. The van der Waals surface area contributed by atoms with Crippen molar-refractivity contribution in [3.63, 3.8) is 0 Å². The van der Waals surface area contributed by atoms with Crippen molar-refractivity contribution in [2.75, 3.05) is 32.1 Å². The SMILES string of the molecule is CNc1cccc(C2CN(C(=O)Cc3cccs3)CCO2)n1. The summed E-state index contributed by atoms with van der Waals surface area (Å²) in [5, 5.41) is 5.02. The largest absolute Gasteiger partial charge is 0.373 e. The highest BCUT2D eigenvalue weighted by atomic mass is 32.1. The number of thiophene rings is 1. The highest BCUT2D eigenvalue weighted by Crippen LogP contribution is 2.22. The lowest BCUT2D eigenvalue weighted by Gasteiger charge is -2.32. The van der Waals surface area contributed by atoms with Crippen LogP contribution < -0.4 is 5.32 Å². The van der Waals surface area contributed by atoms with Gasteiger partial charge in [0.25, 0.3) is 0 Å². The first-order chi connectivity index (χ1) is 10.8. The van der Waals surface area contributed by atoms with Crippen LogP contribution >= 0.6 is 11.3 Å². The predicted octanol–water partition coefficient (Wildman–Crippen LogP) is 2.33. The Kier molecular flexibility index (Phi) is 4.70. The highest BCUT2D eigenvalue weighted by molar-refractivity contribution is 7.10. The zero-order valence-electron chi connectivity index (χ0n) is 12.5. The summed E-state index contributed by atoms with van der Waals surface area (Å²) in [4.78, 5) is 19.9. The van der Waals surface area contributed by atoms with Gasteiger partial charge in [0.05, 0.1) is 25.3 Å². The fraction of sp³-hybridized carbons (Fsp3) is 0.375. The number of amides is 1. The molecular formula is C16H19N3O2S. The third-order valence-corrected chi connectivity index (χ3v) is 4.56. The molecule has 1 aliphatic rings. The van der Waals surface area contributed by atoms with E-state index < -0.39 is 0 Å². The molecule has 1 N–H and O–H groups in total. The van der Waals surface area contributed by atoms with Crippen LogP contribution in [0, 0.1) is 0 Å². The third kappa shape index (κ3) is 3.45. The normalized spacial score (nSPS) is 18.2. The Labute approximate surface area is 133 Å². The monoisotopic (exact) mass is 317 g/mol. The van der Waals surface area contributed by atoms with E-state index >= 15 is 0 Å². The number of rotatable bonds is 4. The highest BCUT2D eigenvalue weighted by Gasteiger charge is 2.26. The van der Waals surface area contributed by atoms with Gasteiger partial charge in [-0.25, -0.2) is 4.98 Å². The van der Waals surface area contributed by atoms with Gasteiger partial charge >= 0.3 is 0 Å². The minimum atomic E-state index is -0.158. The summed E-state index contributed by atoms with van der Waals surface area (Å²) >= 11 is 1.62. The summed E-state index contributed by atoms with van der Waals surface area (Å²) in [7, 11) is 1.84. The van der Waals surface area contributed by atoms with Crippen molar-refractivity contribution < 1.29 is 9.53 Å². The molecule has 0 aromatic carbocycles. The van der Waals surface area contributed by atoms with Crippen LogP contribution in [0.4, 0.5) is 5.82 Å². The molecule has 2 aromatic rings. The van der Waals surface area contributed by atoms with E-state index in [2.05, 4.69) is 10.3 Å². The zero-order valence-corrected chi connectivity index (χ0v) is 13.3. The molecule has 0 bridgehead atoms. The Balaban J connectivity index is 1.67. The van der Waals surface area contributed by atoms with Crippen LogP contribution in [0.25, 0.3) is 0 Å². The Morgan fingerprint density at radius 2 is 2.36 bits per heavy atom. The van der Waals surface area contributed by atoms with Crippen molar-refractivity contribution in [2.45, 2.75) is 12.5 Å². The van der Waals surface area contributed by atoms with E-state index in [4.69, 9.17) is 4.74 Å². The zero-order chi connectivity index (χ0) is 15.4. The number of nitrogens with one attached hydrogen (secondary N) is 1. The molecule has 0 radical (unpaired) electrons. The predicted molar refractivity (Wildman–Crippen MR) is 87.1 cm³/mol. The molecule has 3 rings (SSSR count). The number of morpholine rings is 1. The number of pyridine rings is 1. The average Bonchev–Trinajstić information content (AvgIpc) is 3.08. The first-order valence-corrected chi connectivity index (χ1v) is 8.20. The molecule has 3 heterocycles. The van der Waals surface area contributed by atoms with Crippen molar-refractivity contribution in [2.24, 2.45) is 0 Å². The van der Waals surface area contributed by atoms with E-state index in [1.165, 1.54) is 0 Å². The van der Waals surface area contributed by atoms with E-state index in [9.17, 15) is 4.79 Å². The van der Waals surface area contributed by atoms with Crippen molar-refractivity contribution in [1.29, 1.82) is 0 Å². The molecule has 1 unspecified atom stereocenters. The second kappa shape index (κ2) is 6.89. The molecule has 6 heteroatoms. The Hall–Kier alpha value is -1.92. The van der Waals surface area contributed by atoms with E-state index in [0.29, 0.717) is 26.1 Å². The molecule has 1 fully saturated rings. The number of ether oxygens (including phenoxy) is 1. The van der Waals surface area contributed by atoms with Crippen molar-refractivity contribution in [3.05, 3.63) is 46.3 Å². The molecule has 1 aliphatic heterocycles. The molecule has 5 nitrogen and oxygen atoms in total.